The average molecular weight is 495 g/mol. The molecule has 4 nitrogen and oxygen atoms in total. The van der Waals surface area contributed by atoms with E-state index in [1.807, 2.05) is 6.92 Å². The van der Waals surface area contributed by atoms with Crippen molar-refractivity contribution in [2.24, 2.45) is 28.6 Å². The molecule has 0 saturated heterocycles. The summed E-state index contributed by atoms with van der Waals surface area (Å²) in [6, 6.07) is 8.53. The number of carbonyl (C=O) groups excluding carboxylic acids is 1. The van der Waals surface area contributed by atoms with E-state index < -0.39 is 11.4 Å². The number of hydrogen-bond donors (Lipinski definition) is 1. The molecule has 0 spiro atoms. The Hall–Kier alpha value is -1.49. The lowest BCUT2D eigenvalue weighted by atomic mass is 9.46. The van der Waals surface area contributed by atoms with Crippen molar-refractivity contribution in [1.29, 1.82) is 0 Å². The van der Waals surface area contributed by atoms with Crippen molar-refractivity contribution in [1.82, 2.24) is 0 Å². The summed E-state index contributed by atoms with van der Waals surface area (Å²) < 4.78 is 12.5. The minimum atomic E-state index is -1.09. The Bertz CT molecular complexity index is 1010. The quantitative estimate of drug-likeness (QED) is 0.335. The molecule has 4 heteroatoms. The maximum absolute atomic E-state index is 13.0. The van der Waals surface area contributed by atoms with Gasteiger partial charge in [-0.15, -0.1) is 0 Å². The molecule has 36 heavy (non-hydrogen) atoms. The zero-order chi connectivity index (χ0) is 25.8. The van der Waals surface area contributed by atoms with Gasteiger partial charge in [0.2, 0.25) is 0 Å². The van der Waals surface area contributed by atoms with Crippen molar-refractivity contribution in [3.63, 3.8) is 0 Å². The van der Waals surface area contributed by atoms with E-state index >= 15 is 0 Å². The van der Waals surface area contributed by atoms with E-state index in [1.165, 1.54) is 11.1 Å². The molecule has 1 aromatic carbocycles. The predicted molar refractivity (Wildman–Crippen MR) is 142 cm³/mol. The Kier molecular flexibility index (Phi) is 6.79. The lowest BCUT2D eigenvalue weighted by Gasteiger charge is -2.60. The topological polar surface area (TPSA) is 55.8 Å². The number of hydrogen-bond acceptors (Lipinski definition) is 4. The molecule has 7 atom stereocenters. The van der Waals surface area contributed by atoms with Crippen LogP contribution in [0.5, 0.6) is 0 Å². The molecule has 0 heterocycles. The summed E-state index contributed by atoms with van der Waals surface area (Å²) in [7, 11) is 0. The molecule has 4 aliphatic rings. The smallest absolute Gasteiger partial charge is 0.169 e. The number of benzene rings is 1. The number of Topliss-reactive ketones (excluding diaryl/α,β-unsaturated/α-hetero) is 1. The van der Waals surface area contributed by atoms with E-state index in [0.29, 0.717) is 43.8 Å². The van der Waals surface area contributed by atoms with Gasteiger partial charge in [0.1, 0.15) is 5.60 Å². The highest BCUT2D eigenvalue weighted by Gasteiger charge is 2.66. The van der Waals surface area contributed by atoms with Gasteiger partial charge in [0.15, 0.2) is 11.6 Å². The standard InChI is InChI=1S/C32H46O4/c1-6-23-8-10-24(11-9-23)21-36-31(34)19-18-29(4)25(20-31)12-13-26-27(29)14-16-30(5)28(26)15-17-32(30,22(3)33)35-7-2/h8-12,26-28,34H,6-7,13-21H2,1-5H3/t26?,27?,28?,29-,30-,31-,32+/m0/s1. The van der Waals surface area contributed by atoms with Gasteiger partial charge in [0.25, 0.3) is 0 Å². The normalized spacial score (nSPS) is 41.7. The first-order valence-electron chi connectivity index (χ1n) is 14.4. The fourth-order valence-electron chi connectivity index (χ4n) is 8.99. The van der Waals surface area contributed by atoms with Crippen molar-refractivity contribution in [3.05, 3.63) is 47.0 Å². The van der Waals surface area contributed by atoms with Crippen molar-refractivity contribution in [2.45, 2.75) is 110 Å². The first-order valence-corrected chi connectivity index (χ1v) is 14.4. The maximum Gasteiger partial charge on any atom is 0.169 e. The molecule has 0 bridgehead atoms. The third-order valence-corrected chi connectivity index (χ3v) is 11.1. The molecule has 0 radical (unpaired) electrons. The number of ether oxygens (including phenoxy) is 2. The van der Waals surface area contributed by atoms with Crippen LogP contribution in [-0.2, 0) is 27.3 Å². The number of rotatable bonds is 7. The highest BCUT2D eigenvalue weighted by molar-refractivity contribution is 5.86. The molecule has 3 fully saturated rings. The molecule has 0 amide bonds. The fourth-order valence-corrected chi connectivity index (χ4v) is 8.99. The molecule has 1 aromatic rings. The van der Waals surface area contributed by atoms with Crippen molar-refractivity contribution in [2.75, 3.05) is 6.61 Å². The van der Waals surface area contributed by atoms with Crippen LogP contribution in [-0.4, -0.2) is 28.9 Å². The molecule has 198 valence electrons. The van der Waals surface area contributed by atoms with E-state index in [2.05, 4.69) is 51.1 Å². The van der Waals surface area contributed by atoms with Crippen LogP contribution in [0.15, 0.2) is 35.9 Å². The SMILES string of the molecule is CCO[C@@]1(C(C)=O)CCC2C3CC=C4C[C@@](O)(OCc5ccc(CC)cc5)CC[C@]4(C)C3CC[C@@]21C. The van der Waals surface area contributed by atoms with Gasteiger partial charge in [-0.1, -0.05) is 56.7 Å². The first kappa shape index (κ1) is 26.1. The maximum atomic E-state index is 13.0. The Morgan fingerprint density at radius 2 is 1.67 bits per heavy atom. The summed E-state index contributed by atoms with van der Waals surface area (Å²) in [5.74, 6) is 0.839. The number of carbonyl (C=O) groups is 1. The number of allylic oxidation sites excluding steroid dienone is 1. The lowest BCUT2D eigenvalue weighted by molar-refractivity contribution is -0.232. The summed E-state index contributed by atoms with van der Waals surface area (Å²) in [4.78, 5) is 13.0. The van der Waals surface area contributed by atoms with E-state index in [-0.39, 0.29) is 16.6 Å². The van der Waals surface area contributed by atoms with Crippen molar-refractivity contribution in [3.8, 4) is 0 Å². The van der Waals surface area contributed by atoms with Crippen LogP contribution in [0.25, 0.3) is 0 Å². The minimum Gasteiger partial charge on any atom is -0.367 e. The van der Waals surface area contributed by atoms with Gasteiger partial charge in [-0.3, -0.25) is 4.79 Å². The van der Waals surface area contributed by atoms with E-state index in [0.717, 1.165) is 50.5 Å². The highest BCUT2D eigenvalue weighted by atomic mass is 16.6. The molecule has 1 N–H and O–H groups in total. The largest absolute Gasteiger partial charge is 0.367 e. The van der Waals surface area contributed by atoms with Gasteiger partial charge in [-0.2, -0.15) is 0 Å². The Balaban J connectivity index is 1.33. The molecule has 3 unspecified atom stereocenters. The monoisotopic (exact) mass is 494 g/mol. The Morgan fingerprint density at radius 3 is 2.33 bits per heavy atom. The zero-order valence-corrected chi connectivity index (χ0v) is 23.1. The van der Waals surface area contributed by atoms with Gasteiger partial charge in [0, 0.05) is 24.9 Å². The number of aryl methyl sites for hydroxylation is 1. The summed E-state index contributed by atoms with van der Waals surface area (Å²) >= 11 is 0. The Morgan fingerprint density at radius 1 is 0.972 bits per heavy atom. The second-order valence-electron chi connectivity index (χ2n) is 12.7. The summed E-state index contributed by atoms with van der Waals surface area (Å²) in [6.07, 6.45) is 10.9. The second-order valence-corrected chi connectivity index (χ2v) is 12.7. The summed E-state index contributed by atoms with van der Waals surface area (Å²) in [6.45, 7) is 11.8. The molecule has 5 rings (SSSR count). The molecule has 3 saturated carbocycles. The van der Waals surface area contributed by atoms with Crippen LogP contribution in [0.3, 0.4) is 0 Å². The molecule has 0 aromatic heterocycles. The number of ketones is 1. The summed E-state index contributed by atoms with van der Waals surface area (Å²) in [5.41, 5.74) is 3.24. The van der Waals surface area contributed by atoms with Crippen LogP contribution in [0.4, 0.5) is 0 Å². The van der Waals surface area contributed by atoms with E-state index in [1.54, 1.807) is 6.92 Å². The highest BCUT2D eigenvalue weighted by Crippen LogP contribution is 2.68. The molecular formula is C32H46O4. The second kappa shape index (κ2) is 9.36. The Labute approximate surface area is 217 Å². The van der Waals surface area contributed by atoms with Crippen LogP contribution in [0.1, 0.15) is 97.1 Å². The van der Waals surface area contributed by atoms with Crippen LogP contribution < -0.4 is 0 Å². The molecule has 0 aliphatic heterocycles. The fraction of sp³-hybridized carbons (Fsp3) is 0.719. The third kappa shape index (κ3) is 3.94. The average Bonchev–Trinajstić information content (AvgIpc) is 3.17. The van der Waals surface area contributed by atoms with Crippen LogP contribution in [0, 0.1) is 28.6 Å². The zero-order valence-electron chi connectivity index (χ0n) is 23.1. The lowest BCUT2D eigenvalue weighted by Crippen LogP contribution is -2.58. The van der Waals surface area contributed by atoms with E-state index in [4.69, 9.17) is 9.47 Å². The van der Waals surface area contributed by atoms with Gasteiger partial charge < -0.3 is 14.6 Å². The minimum absolute atomic E-state index is 0.0798. The predicted octanol–water partition coefficient (Wildman–Crippen LogP) is 6.78. The molecule has 4 aliphatic carbocycles. The third-order valence-electron chi connectivity index (χ3n) is 11.1. The van der Waals surface area contributed by atoms with E-state index in [9.17, 15) is 9.90 Å². The van der Waals surface area contributed by atoms with Gasteiger partial charge in [0.05, 0.1) is 6.61 Å². The van der Waals surface area contributed by atoms with Gasteiger partial charge in [-0.05, 0) is 93.1 Å². The summed E-state index contributed by atoms with van der Waals surface area (Å²) in [5, 5.41) is 11.4. The van der Waals surface area contributed by atoms with Crippen molar-refractivity contribution < 1.29 is 19.4 Å². The molecular weight excluding hydrogens is 448 g/mol. The van der Waals surface area contributed by atoms with Crippen LogP contribution >= 0.6 is 0 Å². The van der Waals surface area contributed by atoms with Gasteiger partial charge >= 0.3 is 0 Å². The van der Waals surface area contributed by atoms with Crippen LogP contribution in [0.2, 0.25) is 0 Å². The van der Waals surface area contributed by atoms with Crippen molar-refractivity contribution >= 4 is 5.78 Å². The first-order chi connectivity index (χ1) is 17.1. The number of fused-ring (bicyclic) bond motifs is 5. The van der Waals surface area contributed by atoms with Gasteiger partial charge in [-0.25, -0.2) is 0 Å². The number of aliphatic hydroxyl groups is 1.